The number of halogens is 1. The van der Waals surface area contributed by atoms with E-state index in [4.69, 9.17) is 5.26 Å². The first-order valence-electron chi connectivity index (χ1n) is 5.37. The number of carbonyl (C=O) groups excluding carboxylic acids is 1. The van der Waals surface area contributed by atoms with Crippen molar-refractivity contribution in [2.75, 3.05) is 18.0 Å². The minimum absolute atomic E-state index is 0.0792. The molecule has 1 N–H and O–H groups in total. The fourth-order valence-electron chi connectivity index (χ4n) is 1.96. The molecule has 5 heteroatoms. The summed E-state index contributed by atoms with van der Waals surface area (Å²) in [6.45, 7) is 2.91. The number of amides is 1. The van der Waals surface area contributed by atoms with Crippen LogP contribution in [0.1, 0.15) is 12.5 Å². The van der Waals surface area contributed by atoms with Crippen molar-refractivity contribution in [3.63, 3.8) is 0 Å². The first-order valence-corrected chi connectivity index (χ1v) is 5.37. The maximum absolute atomic E-state index is 13.0. The highest BCUT2D eigenvalue weighted by Crippen LogP contribution is 2.24. The standard InChI is InChI=1S/C12H12FN3O/c1-8-12(17)15-4-5-16(8)11-3-2-10(13)6-9(11)7-14/h2-3,6,8H,4-5H2,1H3,(H,15,17). The van der Waals surface area contributed by atoms with Gasteiger partial charge >= 0.3 is 0 Å². The molecular weight excluding hydrogens is 221 g/mol. The highest BCUT2D eigenvalue weighted by molar-refractivity contribution is 5.86. The minimum Gasteiger partial charge on any atom is -0.357 e. The van der Waals surface area contributed by atoms with Crippen LogP contribution in [0.5, 0.6) is 0 Å². The Bertz CT molecular complexity index is 495. The van der Waals surface area contributed by atoms with Gasteiger partial charge in [-0.2, -0.15) is 5.26 Å². The van der Waals surface area contributed by atoms with Gasteiger partial charge in [-0.15, -0.1) is 0 Å². The van der Waals surface area contributed by atoms with Gasteiger partial charge in [0, 0.05) is 13.1 Å². The fourth-order valence-corrected chi connectivity index (χ4v) is 1.96. The van der Waals surface area contributed by atoms with Crippen LogP contribution in [0.25, 0.3) is 0 Å². The zero-order valence-electron chi connectivity index (χ0n) is 9.40. The Kier molecular flexibility index (Phi) is 2.96. The molecule has 1 saturated heterocycles. The molecule has 1 atom stereocenters. The van der Waals surface area contributed by atoms with Crippen LogP contribution in [0.3, 0.4) is 0 Å². The highest BCUT2D eigenvalue weighted by atomic mass is 19.1. The van der Waals surface area contributed by atoms with Gasteiger partial charge in [-0.05, 0) is 25.1 Å². The predicted molar refractivity (Wildman–Crippen MR) is 60.9 cm³/mol. The van der Waals surface area contributed by atoms with E-state index in [1.54, 1.807) is 13.0 Å². The lowest BCUT2D eigenvalue weighted by atomic mass is 10.1. The molecule has 1 aromatic rings. The second-order valence-corrected chi connectivity index (χ2v) is 3.93. The molecule has 1 unspecified atom stereocenters. The van der Waals surface area contributed by atoms with Crippen LogP contribution >= 0.6 is 0 Å². The Morgan fingerprint density at radius 1 is 1.59 bits per heavy atom. The van der Waals surface area contributed by atoms with Gasteiger partial charge < -0.3 is 10.2 Å². The SMILES string of the molecule is CC1C(=O)NCCN1c1ccc(F)cc1C#N. The smallest absolute Gasteiger partial charge is 0.242 e. The summed E-state index contributed by atoms with van der Waals surface area (Å²) in [7, 11) is 0. The zero-order valence-corrected chi connectivity index (χ0v) is 9.40. The van der Waals surface area contributed by atoms with E-state index in [1.807, 2.05) is 11.0 Å². The van der Waals surface area contributed by atoms with Crippen molar-refractivity contribution in [3.05, 3.63) is 29.6 Å². The summed E-state index contributed by atoms with van der Waals surface area (Å²) < 4.78 is 13.0. The Hall–Kier alpha value is -2.09. The Labute approximate surface area is 98.6 Å². The third-order valence-corrected chi connectivity index (χ3v) is 2.89. The molecule has 0 aromatic heterocycles. The second-order valence-electron chi connectivity index (χ2n) is 3.93. The number of nitrogens with zero attached hydrogens (tertiary/aromatic N) is 2. The number of benzene rings is 1. The number of rotatable bonds is 1. The van der Waals surface area contributed by atoms with Gasteiger partial charge in [-0.1, -0.05) is 0 Å². The molecule has 0 radical (unpaired) electrons. The van der Waals surface area contributed by atoms with Crippen LogP contribution in [0.4, 0.5) is 10.1 Å². The van der Waals surface area contributed by atoms with Gasteiger partial charge in [0.05, 0.1) is 11.3 Å². The molecule has 1 aromatic carbocycles. The third kappa shape index (κ3) is 2.07. The zero-order chi connectivity index (χ0) is 12.4. The van der Waals surface area contributed by atoms with E-state index in [1.165, 1.54) is 12.1 Å². The molecule has 1 fully saturated rings. The van der Waals surface area contributed by atoms with Gasteiger partial charge in [-0.25, -0.2) is 4.39 Å². The third-order valence-electron chi connectivity index (χ3n) is 2.89. The molecular formula is C12H12FN3O. The molecule has 0 aliphatic carbocycles. The molecule has 4 nitrogen and oxygen atoms in total. The fraction of sp³-hybridized carbons (Fsp3) is 0.333. The first kappa shape index (κ1) is 11.4. The largest absolute Gasteiger partial charge is 0.357 e. The van der Waals surface area contributed by atoms with Crippen molar-refractivity contribution in [2.24, 2.45) is 0 Å². The molecule has 88 valence electrons. The summed E-state index contributed by atoms with van der Waals surface area (Å²) in [5.74, 6) is -0.524. The van der Waals surface area contributed by atoms with Crippen LogP contribution in [-0.2, 0) is 4.79 Å². The highest BCUT2D eigenvalue weighted by Gasteiger charge is 2.27. The topological polar surface area (TPSA) is 56.1 Å². The summed E-state index contributed by atoms with van der Waals surface area (Å²) in [6, 6.07) is 5.64. The number of hydrogen-bond donors (Lipinski definition) is 1. The molecule has 17 heavy (non-hydrogen) atoms. The van der Waals surface area contributed by atoms with Crippen LogP contribution in [-0.4, -0.2) is 25.0 Å². The molecule has 1 aliphatic rings. The molecule has 0 spiro atoms. The molecule has 2 rings (SSSR count). The van der Waals surface area contributed by atoms with Crippen molar-refractivity contribution >= 4 is 11.6 Å². The van der Waals surface area contributed by atoms with Crippen LogP contribution in [0.2, 0.25) is 0 Å². The number of anilines is 1. The summed E-state index contributed by atoms with van der Waals surface area (Å²) in [5, 5.41) is 11.7. The second kappa shape index (κ2) is 4.42. The van der Waals surface area contributed by atoms with Gasteiger partial charge in [0.1, 0.15) is 17.9 Å². The number of nitriles is 1. The van der Waals surface area contributed by atoms with Crippen LogP contribution < -0.4 is 10.2 Å². The quantitative estimate of drug-likeness (QED) is 0.788. The van der Waals surface area contributed by atoms with Crippen molar-refractivity contribution in [1.82, 2.24) is 5.32 Å². The summed E-state index contributed by atoms with van der Waals surface area (Å²) in [4.78, 5) is 13.4. The van der Waals surface area contributed by atoms with E-state index in [2.05, 4.69) is 5.32 Å². The Balaban J connectivity index is 2.40. The van der Waals surface area contributed by atoms with Crippen LogP contribution in [0, 0.1) is 17.1 Å². The normalized spacial score (nSPS) is 19.7. The lowest BCUT2D eigenvalue weighted by Gasteiger charge is -2.35. The molecule has 1 amide bonds. The number of carbonyl (C=O) groups is 1. The Morgan fingerprint density at radius 3 is 3.06 bits per heavy atom. The minimum atomic E-state index is -0.445. The van der Waals surface area contributed by atoms with E-state index in [-0.39, 0.29) is 17.5 Å². The van der Waals surface area contributed by atoms with Gasteiger partial charge in [0.15, 0.2) is 0 Å². The van der Waals surface area contributed by atoms with E-state index in [0.717, 1.165) is 0 Å². The predicted octanol–water partition coefficient (Wildman–Crippen LogP) is 1.02. The summed E-state index contributed by atoms with van der Waals surface area (Å²) >= 11 is 0. The van der Waals surface area contributed by atoms with E-state index < -0.39 is 5.82 Å². The van der Waals surface area contributed by atoms with Crippen molar-refractivity contribution in [3.8, 4) is 6.07 Å². The van der Waals surface area contributed by atoms with E-state index in [0.29, 0.717) is 18.8 Å². The maximum atomic E-state index is 13.0. The maximum Gasteiger partial charge on any atom is 0.242 e. The van der Waals surface area contributed by atoms with Gasteiger partial charge in [-0.3, -0.25) is 4.79 Å². The average molecular weight is 233 g/mol. The number of piperazine rings is 1. The number of hydrogen-bond acceptors (Lipinski definition) is 3. The summed E-state index contributed by atoms with van der Waals surface area (Å²) in [5.41, 5.74) is 0.864. The summed E-state index contributed by atoms with van der Waals surface area (Å²) in [6.07, 6.45) is 0. The molecule has 1 aliphatic heterocycles. The van der Waals surface area contributed by atoms with Gasteiger partial charge in [0.25, 0.3) is 0 Å². The lowest BCUT2D eigenvalue weighted by molar-refractivity contribution is -0.122. The lowest BCUT2D eigenvalue weighted by Crippen LogP contribution is -2.54. The molecule has 1 heterocycles. The first-order chi connectivity index (χ1) is 8.13. The van der Waals surface area contributed by atoms with Crippen molar-refractivity contribution in [2.45, 2.75) is 13.0 Å². The number of nitrogens with one attached hydrogen (secondary N) is 1. The van der Waals surface area contributed by atoms with E-state index >= 15 is 0 Å². The van der Waals surface area contributed by atoms with E-state index in [9.17, 15) is 9.18 Å². The molecule has 0 bridgehead atoms. The van der Waals surface area contributed by atoms with Crippen LogP contribution in [0.15, 0.2) is 18.2 Å². The van der Waals surface area contributed by atoms with Gasteiger partial charge in [0.2, 0.25) is 5.91 Å². The molecule has 0 saturated carbocycles. The average Bonchev–Trinajstić information content (AvgIpc) is 2.33. The van der Waals surface area contributed by atoms with Crippen molar-refractivity contribution in [1.29, 1.82) is 5.26 Å². The van der Waals surface area contributed by atoms with Crippen molar-refractivity contribution < 1.29 is 9.18 Å². The Morgan fingerprint density at radius 2 is 2.35 bits per heavy atom. The monoisotopic (exact) mass is 233 g/mol.